The van der Waals surface area contributed by atoms with Crippen molar-refractivity contribution < 1.29 is 24.2 Å². The molecule has 7 heteroatoms. The van der Waals surface area contributed by atoms with E-state index in [0.717, 1.165) is 12.8 Å². The molecule has 0 radical (unpaired) electrons. The highest BCUT2D eigenvalue weighted by Crippen LogP contribution is 2.23. The summed E-state index contributed by atoms with van der Waals surface area (Å²) in [6.07, 6.45) is 0.797. The molecule has 0 saturated carbocycles. The van der Waals surface area contributed by atoms with Crippen LogP contribution >= 0.6 is 0 Å². The number of likely N-dealkylation sites (tertiary alicyclic amines) is 1. The molecular weight excluding hydrogens is 264 g/mol. The van der Waals surface area contributed by atoms with Crippen molar-refractivity contribution in [2.75, 3.05) is 13.1 Å². The van der Waals surface area contributed by atoms with E-state index in [2.05, 4.69) is 5.32 Å². The van der Waals surface area contributed by atoms with Gasteiger partial charge in [-0.1, -0.05) is 0 Å². The standard InChI is InChI=1S/C13H20N2O5/c1-8(16)14-9-4-6-15(7-5-9)12(17)10-2-3-11(20-10)13(18)19/h9-11H,2-7H2,1H3,(H,14,16)(H,18,19)/t10-,11+/m0/s1. The second-order valence-electron chi connectivity index (χ2n) is 5.33. The van der Waals surface area contributed by atoms with Gasteiger partial charge in [0.25, 0.3) is 5.91 Å². The molecule has 0 spiro atoms. The average Bonchev–Trinajstić information content (AvgIpc) is 2.88. The molecule has 2 amide bonds. The van der Waals surface area contributed by atoms with Crippen molar-refractivity contribution >= 4 is 17.8 Å². The van der Waals surface area contributed by atoms with Gasteiger partial charge in [-0.15, -0.1) is 0 Å². The molecule has 2 atom stereocenters. The second kappa shape index (κ2) is 6.21. The molecule has 2 rings (SSSR count). The van der Waals surface area contributed by atoms with Crippen molar-refractivity contribution in [2.45, 2.75) is 50.9 Å². The zero-order valence-corrected chi connectivity index (χ0v) is 11.5. The summed E-state index contributed by atoms with van der Waals surface area (Å²) < 4.78 is 5.27. The lowest BCUT2D eigenvalue weighted by molar-refractivity contribution is -0.155. The number of hydrogen-bond acceptors (Lipinski definition) is 4. The molecule has 0 unspecified atom stereocenters. The second-order valence-corrected chi connectivity index (χ2v) is 5.33. The molecular formula is C13H20N2O5. The Morgan fingerprint density at radius 1 is 1.10 bits per heavy atom. The minimum atomic E-state index is -1.01. The molecule has 2 saturated heterocycles. The van der Waals surface area contributed by atoms with Gasteiger partial charge >= 0.3 is 5.97 Å². The van der Waals surface area contributed by atoms with Crippen LogP contribution in [-0.4, -0.2) is 59.1 Å². The van der Waals surface area contributed by atoms with Crippen LogP contribution in [0.15, 0.2) is 0 Å². The zero-order chi connectivity index (χ0) is 14.7. The lowest BCUT2D eigenvalue weighted by Gasteiger charge is -2.33. The predicted octanol–water partition coefficient (Wildman–Crippen LogP) is -0.254. The molecule has 2 aliphatic heterocycles. The summed E-state index contributed by atoms with van der Waals surface area (Å²) in [6, 6.07) is 0.118. The maximum absolute atomic E-state index is 12.2. The largest absolute Gasteiger partial charge is 0.479 e. The first-order valence-corrected chi connectivity index (χ1v) is 6.91. The van der Waals surface area contributed by atoms with Crippen molar-refractivity contribution in [3.05, 3.63) is 0 Å². The summed E-state index contributed by atoms with van der Waals surface area (Å²) in [6.45, 7) is 2.62. The van der Waals surface area contributed by atoms with Crippen LogP contribution in [-0.2, 0) is 19.1 Å². The highest BCUT2D eigenvalue weighted by Gasteiger charge is 2.37. The van der Waals surface area contributed by atoms with Crippen molar-refractivity contribution in [1.29, 1.82) is 0 Å². The summed E-state index contributed by atoms with van der Waals surface area (Å²) in [5.74, 6) is -1.20. The third kappa shape index (κ3) is 3.47. The van der Waals surface area contributed by atoms with Crippen LogP contribution in [0, 0.1) is 0 Å². The van der Waals surface area contributed by atoms with E-state index in [1.807, 2.05) is 0 Å². The van der Waals surface area contributed by atoms with Crippen LogP contribution in [0.3, 0.4) is 0 Å². The quantitative estimate of drug-likeness (QED) is 0.745. The van der Waals surface area contributed by atoms with Gasteiger partial charge in [-0.25, -0.2) is 4.79 Å². The van der Waals surface area contributed by atoms with Gasteiger partial charge < -0.3 is 20.1 Å². The molecule has 2 fully saturated rings. The van der Waals surface area contributed by atoms with Crippen LogP contribution < -0.4 is 5.32 Å². The molecule has 2 aliphatic rings. The van der Waals surface area contributed by atoms with Gasteiger partial charge in [-0.05, 0) is 25.7 Å². The summed E-state index contributed by atoms with van der Waals surface area (Å²) in [5, 5.41) is 11.7. The Bertz CT molecular complexity index is 404. The van der Waals surface area contributed by atoms with Gasteiger partial charge in [0.15, 0.2) is 6.10 Å². The Balaban J connectivity index is 1.80. The van der Waals surface area contributed by atoms with Gasteiger partial charge in [-0.3, -0.25) is 9.59 Å². The Morgan fingerprint density at radius 2 is 1.70 bits per heavy atom. The van der Waals surface area contributed by atoms with E-state index >= 15 is 0 Å². The van der Waals surface area contributed by atoms with Gasteiger partial charge in [0.2, 0.25) is 5.91 Å². The first-order valence-electron chi connectivity index (χ1n) is 6.91. The lowest BCUT2D eigenvalue weighted by Crippen LogP contribution is -2.48. The van der Waals surface area contributed by atoms with Crippen LogP contribution in [0.25, 0.3) is 0 Å². The minimum Gasteiger partial charge on any atom is -0.479 e. The monoisotopic (exact) mass is 284 g/mol. The maximum Gasteiger partial charge on any atom is 0.332 e. The van der Waals surface area contributed by atoms with E-state index in [-0.39, 0.29) is 17.9 Å². The van der Waals surface area contributed by atoms with Crippen molar-refractivity contribution in [1.82, 2.24) is 10.2 Å². The first-order chi connectivity index (χ1) is 9.47. The number of amides is 2. The highest BCUT2D eigenvalue weighted by atomic mass is 16.5. The highest BCUT2D eigenvalue weighted by molar-refractivity contribution is 5.83. The zero-order valence-electron chi connectivity index (χ0n) is 11.5. The minimum absolute atomic E-state index is 0.0572. The number of ether oxygens (including phenoxy) is 1. The molecule has 2 heterocycles. The summed E-state index contributed by atoms with van der Waals surface area (Å²) >= 11 is 0. The fourth-order valence-electron chi connectivity index (χ4n) is 2.74. The van der Waals surface area contributed by atoms with E-state index in [1.54, 1.807) is 4.90 Å². The Labute approximate surface area is 117 Å². The van der Waals surface area contributed by atoms with E-state index in [4.69, 9.17) is 9.84 Å². The average molecular weight is 284 g/mol. The van der Waals surface area contributed by atoms with Gasteiger partial charge in [0, 0.05) is 26.1 Å². The first kappa shape index (κ1) is 14.8. The number of rotatable bonds is 3. The Kier molecular flexibility index (Phi) is 4.59. The number of carbonyl (C=O) groups is 3. The van der Waals surface area contributed by atoms with Crippen LogP contribution in [0.2, 0.25) is 0 Å². The number of carboxylic acids is 1. The number of carboxylic acid groups (broad SMARTS) is 1. The third-order valence-electron chi connectivity index (χ3n) is 3.78. The summed E-state index contributed by atoms with van der Waals surface area (Å²) in [4.78, 5) is 35.7. The van der Waals surface area contributed by atoms with Crippen molar-refractivity contribution in [3.63, 3.8) is 0 Å². The third-order valence-corrected chi connectivity index (χ3v) is 3.78. The van der Waals surface area contributed by atoms with Crippen molar-refractivity contribution in [2.24, 2.45) is 0 Å². The fraction of sp³-hybridized carbons (Fsp3) is 0.769. The fourth-order valence-corrected chi connectivity index (χ4v) is 2.74. The van der Waals surface area contributed by atoms with E-state index in [9.17, 15) is 14.4 Å². The van der Waals surface area contributed by atoms with Crippen LogP contribution in [0.5, 0.6) is 0 Å². The number of aliphatic carboxylic acids is 1. The van der Waals surface area contributed by atoms with Crippen molar-refractivity contribution in [3.8, 4) is 0 Å². The number of hydrogen-bond donors (Lipinski definition) is 2. The number of nitrogens with one attached hydrogen (secondary N) is 1. The summed E-state index contributed by atoms with van der Waals surface area (Å²) in [5.41, 5.74) is 0. The molecule has 7 nitrogen and oxygen atoms in total. The molecule has 2 N–H and O–H groups in total. The molecule has 0 aromatic carbocycles. The van der Waals surface area contributed by atoms with Gasteiger partial charge in [0.1, 0.15) is 6.10 Å². The van der Waals surface area contributed by atoms with Crippen LogP contribution in [0.1, 0.15) is 32.6 Å². The lowest BCUT2D eigenvalue weighted by atomic mass is 10.0. The smallest absolute Gasteiger partial charge is 0.332 e. The van der Waals surface area contributed by atoms with Crippen LogP contribution in [0.4, 0.5) is 0 Å². The van der Waals surface area contributed by atoms with E-state index in [0.29, 0.717) is 25.9 Å². The number of carbonyl (C=O) groups excluding carboxylic acids is 2. The molecule has 0 aromatic rings. The number of piperidine rings is 1. The predicted molar refractivity (Wildman–Crippen MR) is 68.9 cm³/mol. The van der Waals surface area contributed by atoms with Gasteiger partial charge in [0.05, 0.1) is 0 Å². The Morgan fingerprint density at radius 3 is 2.20 bits per heavy atom. The molecule has 0 aromatic heterocycles. The normalized spacial score (nSPS) is 27.4. The topological polar surface area (TPSA) is 95.9 Å². The van der Waals surface area contributed by atoms with E-state index in [1.165, 1.54) is 6.92 Å². The molecule has 20 heavy (non-hydrogen) atoms. The van der Waals surface area contributed by atoms with Gasteiger partial charge in [-0.2, -0.15) is 0 Å². The molecule has 0 aliphatic carbocycles. The van der Waals surface area contributed by atoms with E-state index < -0.39 is 18.2 Å². The summed E-state index contributed by atoms with van der Waals surface area (Å²) in [7, 11) is 0. The molecule has 0 bridgehead atoms. The Hall–Kier alpha value is -1.63. The maximum atomic E-state index is 12.2. The number of nitrogens with zero attached hydrogens (tertiary/aromatic N) is 1. The molecule has 112 valence electrons. The SMILES string of the molecule is CC(=O)NC1CCN(C(=O)[C@@H]2CC[C@H](C(=O)O)O2)CC1.